The van der Waals surface area contributed by atoms with Crippen molar-refractivity contribution >= 4 is 23.4 Å². The molecule has 4 rings (SSSR count). The summed E-state index contributed by atoms with van der Waals surface area (Å²) in [6.45, 7) is 7.65. The van der Waals surface area contributed by atoms with E-state index in [-0.39, 0.29) is 18.3 Å². The first-order valence-electron chi connectivity index (χ1n) is 10.4. The molecule has 32 heavy (non-hydrogen) atoms. The first-order valence-corrected chi connectivity index (χ1v) is 11.2. The van der Waals surface area contributed by atoms with E-state index in [1.54, 1.807) is 42.9 Å². The third-order valence-electron chi connectivity index (χ3n) is 4.90. The van der Waals surface area contributed by atoms with E-state index in [1.165, 1.54) is 11.3 Å². The molecule has 0 fully saturated rings. The summed E-state index contributed by atoms with van der Waals surface area (Å²) in [4.78, 5) is 31.4. The molecule has 0 radical (unpaired) electrons. The molecule has 0 saturated carbocycles. The monoisotopic (exact) mass is 452 g/mol. The summed E-state index contributed by atoms with van der Waals surface area (Å²) in [6.07, 6.45) is 3.27. The molecular formula is C24H24N2O5S. The fraction of sp³-hybridized carbons (Fsp3) is 0.292. The zero-order chi connectivity index (χ0) is 22.8. The van der Waals surface area contributed by atoms with Crippen molar-refractivity contribution < 1.29 is 18.7 Å². The largest absolute Gasteiger partial charge is 0.491 e. The fourth-order valence-corrected chi connectivity index (χ4v) is 4.64. The molecule has 0 amide bonds. The van der Waals surface area contributed by atoms with Gasteiger partial charge in [-0.25, -0.2) is 9.79 Å². The molecule has 7 nitrogen and oxygen atoms in total. The number of furan rings is 1. The van der Waals surface area contributed by atoms with Crippen molar-refractivity contribution in [2.75, 3.05) is 6.61 Å². The standard InChI is InChI=1S/C24H24N2O5S/c1-5-29-23(28)20-15(4)25-24-26(22(27)19(32-24)13-18-7-6-12-30-18)21(20)16-8-10-17(11-9-16)31-14(2)3/h6-14,21H,5H2,1-4H3/t21-/m0/s1. The summed E-state index contributed by atoms with van der Waals surface area (Å²) < 4.78 is 18.4. The van der Waals surface area contributed by atoms with Crippen molar-refractivity contribution in [3.8, 4) is 5.75 Å². The van der Waals surface area contributed by atoms with Gasteiger partial charge in [-0.2, -0.15) is 0 Å². The van der Waals surface area contributed by atoms with Gasteiger partial charge >= 0.3 is 5.97 Å². The highest BCUT2D eigenvalue weighted by Gasteiger charge is 2.33. The minimum atomic E-state index is -0.655. The number of thiazole rings is 1. The molecule has 1 aliphatic rings. The predicted octanol–water partition coefficient (Wildman–Crippen LogP) is 3.18. The Morgan fingerprint density at radius 1 is 1.28 bits per heavy atom. The maximum absolute atomic E-state index is 13.4. The van der Waals surface area contributed by atoms with Gasteiger partial charge in [-0.1, -0.05) is 23.5 Å². The van der Waals surface area contributed by atoms with Crippen LogP contribution in [0.3, 0.4) is 0 Å². The Bertz CT molecular complexity index is 1330. The number of nitrogens with zero attached hydrogens (tertiary/aromatic N) is 2. The van der Waals surface area contributed by atoms with E-state index in [2.05, 4.69) is 4.99 Å². The Kier molecular flexibility index (Phi) is 6.14. The molecule has 3 heterocycles. The number of hydrogen-bond acceptors (Lipinski definition) is 7. The quantitative estimate of drug-likeness (QED) is 0.537. The number of aromatic nitrogens is 1. The average molecular weight is 453 g/mol. The lowest BCUT2D eigenvalue weighted by atomic mass is 9.96. The van der Waals surface area contributed by atoms with Crippen LogP contribution in [-0.2, 0) is 9.53 Å². The molecule has 0 saturated heterocycles. The second-order valence-electron chi connectivity index (χ2n) is 7.55. The molecule has 3 aromatic rings. The summed E-state index contributed by atoms with van der Waals surface area (Å²) in [7, 11) is 0. The molecule has 0 spiro atoms. The molecule has 1 aromatic carbocycles. The second kappa shape index (κ2) is 9.00. The molecular weight excluding hydrogens is 428 g/mol. The highest BCUT2D eigenvalue weighted by atomic mass is 32.1. The van der Waals surface area contributed by atoms with E-state index in [4.69, 9.17) is 13.9 Å². The van der Waals surface area contributed by atoms with E-state index in [9.17, 15) is 9.59 Å². The van der Waals surface area contributed by atoms with Crippen LogP contribution >= 0.6 is 11.3 Å². The molecule has 1 atom stereocenters. The van der Waals surface area contributed by atoms with Crippen molar-refractivity contribution in [1.29, 1.82) is 0 Å². The van der Waals surface area contributed by atoms with E-state index < -0.39 is 12.0 Å². The van der Waals surface area contributed by atoms with Crippen LogP contribution in [0.2, 0.25) is 0 Å². The summed E-state index contributed by atoms with van der Waals surface area (Å²) >= 11 is 1.26. The number of carbonyl (C=O) groups excluding carboxylic acids is 1. The van der Waals surface area contributed by atoms with Gasteiger partial charge in [-0.05, 0) is 57.5 Å². The lowest BCUT2D eigenvalue weighted by molar-refractivity contribution is -0.139. The van der Waals surface area contributed by atoms with Gasteiger partial charge in [0, 0.05) is 6.08 Å². The van der Waals surface area contributed by atoms with Crippen LogP contribution in [0, 0.1) is 0 Å². The van der Waals surface area contributed by atoms with Crippen molar-refractivity contribution in [3.63, 3.8) is 0 Å². The molecule has 0 N–H and O–H groups in total. The number of esters is 1. The molecule has 0 bridgehead atoms. The molecule has 8 heteroatoms. The van der Waals surface area contributed by atoms with Crippen LogP contribution in [0.25, 0.3) is 6.08 Å². The maximum Gasteiger partial charge on any atom is 0.338 e. The van der Waals surface area contributed by atoms with Gasteiger partial charge in [0.2, 0.25) is 0 Å². The Balaban J connectivity index is 1.89. The van der Waals surface area contributed by atoms with Crippen LogP contribution in [-0.4, -0.2) is 23.2 Å². The molecule has 2 aromatic heterocycles. The van der Waals surface area contributed by atoms with Gasteiger partial charge in [0.05, 0.1) is 40.8 Å². The zero-order valence-corrected chi connectivity index (χ0v) is 19.1. The van der Waals surface area contributed by atoms with Gasteiger partial charge in [-0.3, -0.25) is 9.36 Å². The number of benzene rings is 1. The number of rotatable bonds is 6. The van der Waals surface area contributed by atoms with E-state index in [0.717, 1.165) is 5.56 Å². The third kappa shape index (κ3) is 4.18. The highest BCUT2D eigenvalue weighted by Crippen LogP contribution is 2.31. The van der Waals surface area contributed by atoms with Crippen molar-refractivity contribution in [2.24, 2.45) is 4.99 Å². The summed E-state index contributed by atoms with van der Waals surface area (Å²) in [5.74, 6) is 0.803. The van der Waals surface area contributed by atoms with E-state index in [1.807, 2.05) is 38.1 Å². The Morgan fingerprint density at radius 3 is 2.66 bits per heavy atom. The smallest absolute Gasteiger partial charge is 0.338 e. The van der Waals surface area contributed by atoms with Crippen molar-refractivity contribution in [1.82, 2.24) is 4.57 Å². The topological polar surface area (TPSA) is 83.0 Å². The normalized spacial score (nSPS) is 16.2. The van der Waals surface area contributed by atoms with Crippen LogP contribution in [0.15, 0.2) is 68.1 Å². The fourth-order valence-electron chi connectivity index (χ4n) is 3.61. The van der Waals surface area contributed by atoms with E-state index >= 15 is 0 Å². The van der Waals surface area contributed by atoms with Gasteiger partial charge in [0.15, 0.2) is 4.80 Å². The van der Waals surface area contributed by atoms with Crippen molar-refractivity contribution in [3.05, 3.63) is 84.9 Å². The number of ether oxygens (including phenoxy) is 2. The van der Waals surface area contributed by atoms with Gasteiger partial charge in [-0.15, -0.1) is 0 Å². The summed E-state index contributed by atoms with van der Waals surface area (Å²) in [5, 5.41) is 0. The molecule has 166 valence electrons. The highest BCUT2D eigenvalue weighted by molar-refractivity contribution is 7.07. The molecule has 0 aliphatic carbocycles. The minimum Gasteiger partial charge on any atom is -0.491 e. The lowest BCUT2D eigenvalue weighted by Gasteiger charge is -2.25. The Morgan fingerprint density at radius 2 is 2.03 bits per heavy atom. The lowest BCUT2D eigenvalue weighted by Crippen LogP contribution is -2.39. The summed E-state index contributed by atoms with van der Waals surface area (Å²) in [6, 6.07) is 10.3. The number of hydrogen-bond donors (Lipinski definition) is 0. The van der Waals surface area contributed by atoms with Crippen molar-refractivity contribution in [2.45, 2.75) is 39.8 Å². The van der Waals surface area contributed by atoms with Crippen LogP contribution in [0.4, 0.5) is 0 Å². The molecule has 1 aliphatic heterocycles. The Hall–Kier alpha value is -3.39. The number of carbonyl (C=O) groups is 1. The summed E-state index contributed by atoms with van der Waals surface area (Å²) in [5.41, 5.74) is 1.40. The first-order chi connectivity index (χ1) is 15.4. The molecule has 0 unspecified atom stereocenters. The van der Waals surface area contributed by atoms with Gasteiger partial charge in [0.1, 0.15) is 11.5 Å². The van der Waals surface area contributed by atoms with Gasteiger partial charge in [0.25, 0.3) is 5.56 Å². The number of allylic oxidation sites excluding steroid dienone is 1. The average Bonchev–Trinajstić information content (AvgIpc) is 3.36. The third-order valence-corrected chi connectivity index (χ3v) is 5.88. The van der Waals surface area contributed by atoms with Crippen LogP contribution in [0.1, 0.15) is 45.1 Å². The predicted molar refractivity (Wildman–Crippen MR) is 121 cm³/mol. The van der Waals surface area contributed by atoms with Crippen LogP contribution < -0.4 is 19.6 Å². The van der Waals surface area contributed by atoms with E-state index in [0.29, 0.717) is 32.1 Å². The Labute approximate surface area is 188 Å². The number of fused-ring (bicyclic) bond motifs is 1. The maximum atomic E-state index is 13.4. The van der Waals surface area contributed by atoms with Gasteiger partial charge < -0.3 is 13.9 Å². The van der Waals surface area contributed by atoms with Crippen LogP contribution in [0.5, 0.6) is 5.75 Å². The second-order valence-corrected chi connectivity index (χ2v) is 8.56. The zero-order valence-electron chi connectivity index (χ0n) is 18.3. The first kappa shape index (κ1) is 21.8. The minimum absolute atomic E-state index is 0.0392. The SMILES string of the molecule is CCOC(=O)C1=C(C)N=c2sc(=Cc3ccco3)c(=O)n2[C@H]1c1ccc(OC(C)C)cc1.